The van der Waals surface area contributed by atoms with Gasteiger partial charge in [-0.3, -0.25) is 0 Å². The fraction of sp³-hybridized carbons (Fsp3) is 1.00. The summed E-state index contributed by atoms with van der Waals surface area (Å²) in [5, 5.41) is 0. The smallest absolute Gasteiger partial charge is 1.00 e. The Kier molecular flexibility index (Phi) is 4.44. The number of hydrogen-bond acceptors (Lipinski definition) is 1. The van der Waals surface area contributed by atoms with Gasteiger partial charge in [-0.2, -0.15) is 0 Å². The van der Waals surface area contributed by atoms with Crippen molar-refractivity contribution in [3.05, 3.63) is 0 Å². The zero-order chi connectivity index (χ0) is 4.41. The van der Waals surface area contributed by atoms with E-state index >= 15 is 0 Å². The van der Waals surface area contributed by atoms with Gasteiger partial charge in [-0.25, -0.2) is 0 Å². The van der Waals surface area contributed by atoms with Gasteiger partial charge in [0.1, 0.15) is 0 Å². The average Bonchev–Trinajstić information content (AvgIpc) is 1.86. The number of ether oxygens (including phenoxy) is 1. The van der Waals surface area contributed by atoms with Gasteiger partial charge in [-0.1, -0.05) is 0 Å². The second-order valence-corrected chi connectivity index (χ2v) is 1.82. The Morgan fingerprint density at radius 1 is 1.71 bits per heavy atom. The van der Waals surface area contributed by atoms with Crippen molar-refractivity contribution >= 4 is 0 Å². The van der Waals surface area contributed by atoms with E-state index in [-0.39, 0.29) is 31.0 Å². The Balaban J connectivity index is 0. The predicted octanol–water partition coefficient (Wildman–Crippen LogP) is -1.70. The van der Waals surface area contributed by atoms with E-state index in [0.717, 1.165) is 6.61 Å². The van der Waals surface area contributed by atoms with Gasteiger partial charge in [0.15, 0.2) is 0 Å². The quantitative estimate of drug-likeness (QED) is 0.338. The number of hydrogen-bond donors (Lipinski definition) is 0. The zero-order valence-electron chi connectivity index (χ0n) is 6.11. The minimum absolute atomic E-state index is 0. The summed E-state index contributed by atoms with van der Waals surface area (Å²) < 4.78 is 5.15. The third-order valence-corrected chi connectivity index (χ3v) is 1.16. The first-order valence-electron chi connectivity index (χ1n) is 2.51. The molecule has 0 amide bonds. The standard InChI is InChI=1S/C5H10O.Na.H/c1-5-3-2-4-6-5;;/h5H,2-4H2,1H3;;/q;+1;-1. The van der Waals surface area contributed by atoms with E-state index in [9.17, 15) is 0 Å². The predicted molar refractivity (Wildman–Crippen MR) is 25.8 cm³/mol. The summed E-state index contributed by atoms with van der Waals surface area (Å²) in [6.07, 6.45) is 3.08. The summed E-state index contributed by atoms with van der Waals surface area (Å²) in [7, 11) is 0. The Bertz CT molecular complexity index is 45.7. The Morgan fingerprint density at radius 3 is 2.57 bits per heavy atom. The monoisotopic (exact) mass is 110 g/mol. The van der Waals surface area contributed by atoms with E-state index in [1.807, 2.05) is 0 Å². The SMILES string of the molecule is CC1CCCO1.[H-].[Na+]. The van der Waals surface area contributed by atoms with Gasteiger partial charge in [-0.05, 0) is 19.8 Å². The molecule has 2 heteroatoms. The van der Waals surface area contributed by atoms with Gasteiger partial charge in [0.25, 0.3) is 0 Å². The van der Waals surface area contributed by atoms with Gasteiger partial charge >= 0.3 is 29.6 Å². The van der Waals surface area contributed by atoms with Gasteiger partial charge in [0, 0.05) is 6.61 Å². The normalized spacial score (nSPS) is 29.6. The molecule has 1 aliphatic rings. The minimum Gasteiger partial charge on any atom is -1.00 e. The van der Waals surface area contributed by atoms with Crippen LogP contribution in [0.1, 0.15) is 21.2 Å². The topological polar surface area (TPSA) is 9.23 Å². The van der Waals surface area contributed by atoms with Crippen molar-refractivity contribution in [2.45, 2.75) is 25.9 Å². The molecule has 0 saturated carbocycles. The molecule has 0 aliphatic carbocycles. The maximum atomic E-state index is 5.15. The van der Waals surface area contributed by atoms with Crippen LogP contribution in [0.2, 0.25) is 0 Å². The van der Waals surface area contributed by atoms with Gasteiger partial charge in [0.05, 0.1) is 6.10 Å². The van der Waals surface area contributed by atoms with Crippen molar-refractivity contribution in [3.8, 4) is 0 Å². The van der Waals surface area contributed by atoms with E-state index in [4.69, 9.17) is 4.74 Å². The molecule has 1 nitrogen and oxygen atoms in total. The third-order valence-electron chi connectivity index (χ3n) is 1.16. The van der Waals surface area contributed by atoms with Crippen molar-refractivity contribution in [1.29, 1.82) is 0 Å². The van der Waals surface area contributed by atoms with Crippen LogP contribution < -0.4 is 29.6 Å². The minimum atomic E-state index is 0. The van der Waals surface area contributed by atoms with Crippen molar-refractivity contribution in [3.63, 3.8) is 0 Å². The summed E-state index contributed by atoms with van der Waals surface area (Å²) in [5.41, 5.74) is 0. The molecule has 38 valence electrons. The van der Waals surface area contributed by atoms with Crippen LogP contribution in [0.3, 0.4) is 0 Å². The third kappa shape index (κ3) is 2.70. The molecule has 1 aliphatic heterocycles. The Labute approximate surface area is 68.2 Å². The van der Waals surface area contributed by atoms with Crippen LogP contribution in [0.4, 0.5) is 0 Å². The first kappa shape index (κ1) is 7.96. The molecule has 1 saturated heterocycles. The summed E-state index contributed by atoms with van der Waals surface area (Å²) in [4.78, 5) is 0. The molecule has 7 heavy (non-hydrogen) atoms. The molecule has 0 aromatic heterocycles. The molecule has 0 bridgehead atoms. The molecule has 1 atom stereocenters. The van der Waals surface area contributed by atoms with E-state index in [2.05, 4.69) is 6.92 Å². The largest absolute Gasteiger partial charge is 1.00 e. The van der Waals surface area contributed by atoms with Crippen LogP contribution in [0, 0.1) is 0 Å². The molecule has 0 spiro atoms. The Hall–Kier alpha value is 0.960. The van der Waals surface area contributed by atoms with Gasteiger partial charge in [-0.15, -0.1) is 0 Å². The van der Waals surface area contributed by atoms with E-state index in [1.54, 1.807) is 0 Å². The average molecular weight is 110 g/mol. The second-order valence-electron chi connectivity index (χ2n) is 1.82. The van der Waals surface area contributed by atoms with Crippen LogP contribution in [0.15, 0.2) is 0 Å². The molecule has 0 aromatic carbocycles. The summed E-state index contributed by atoms with van der Waals surface area (Å²) >= 11 is 0. The molecule has 1 heterocycles. The summed E-state index contributed by atoms with van der Waals surface area (Å²) in [6, 6.07) is 0. The van der Waals surface area contributed by atoms with Crippen molar-refractivity contribution < 1.29 is 35.7 Å². The first-order valence-corrected chi connectivity index (χ1v) is 2.51. The fourth-order valence-corrected chi connectivity index (χ4v) is 0.739. The Morgan fingerprint density at radius 2 is 2.43 bits per heavy atom. The molecule has 1 rings (SSSR count). The molecule has 1 unspecified atom stereocenters. The fourth-order valence-electron chi connectivity index (χ4n) is 0.739. The zero-order valence-corrected chi connectivity index (χ0v) is 7.11. The molecule has 0 N–H and O–H groups in total. The molecular formula is C5H11NaO. The molecule has 0 aromatic rings. The van der Waals surface area contributed by atoms with Crippen molar-refractivity contribution in [1.82, 2.24) is 0 Å². The number of rotatable bonds is 0. The summed E-state index contributed by atoms with van der Waals surface area (Å²) in [6.45, 7) is 3.11. The van der Waals surface area contributed by atoms with Crippen LogP contribution >= 0.6 is 0 Å². The van der Waals surface area contributed by atoms with Crippen molar-refractivity contribution in [2.24, 2.45) is 0 Å². The summed E-state index contributed by atoms with van der Waals surface area (Å²) in [5.74, 6) is 0. The molecular weight excluding hydrogens is 99.0 g/mol. The van der Waals surface area contributed by atoms with Crippen LogP contribution in [-0.2, 0) is 4.74 Å². The maximum absolute atomic E-state index is 5.15. The van der Waals surface area contributed by atoms with Gasteiger partial charge in [0.2, 0.25) is 0 Å². The van der Waals surface area contributed by atoms with E-state index < -0.39 is 0 Å². The van der Waals surface area contributed by atoms with Crippen LogP contribution in [0.25, 0.3) is 0 Å². The maximum Gasteiger partial charge on any atom is 1.00 e. The van der Waals surface area contributed by atoms with Crippen molar-refractivity contribution in [2.75, 3.05) is 6.61 Å². The molecule has 0 radical (unpaired) electrons. The molecule has 1 fully saturated rings. The first-order chi connectivity index (χ1) is 2.89. The second kappa shape index (κ2) is 3.90. The van der Waals surface area contributed by atoms with Crippen LogP contribution in [-0.4, -0.2) is 12.7 Å². The van der Waals surface area contributed by atoms with Gasteiger partial charge < -0.3 is 6.16 Å². The van der Waals surface area contributed by atoms with Crippen LogP contribution in [0.5, 0.6) is 0 Å². The van der Waals surface area contributed by atoms with E-state index in [1.165, 1.54) is 12.8 Å². The van der Waals surface area contributed by atoms with E-state index in [0.29, 0.717) is 6.10 Å².